The van der Waals surface area contributed by atoms with Crippen LogP contribution in [-0.4, -0.2) is 30.8 Å². The van der Waals surface area contributed by atoms with Crippen LogP contribution in [0.1, 0.15) is 24.5 Å². The average Bonchev–Trinajstić information content (AvgIpc) is 2.65. The fourth-order valence-corrected chi connectivity index (χ4v) is 3.24. The van der Waals surface area contributed by atoms with Crippen molar-refractivity contribution in [2.24, 2.45) is 0 Å². The molecule has 0 saturated carbocycles. The first-order chi connectivity index (χ1) is 13.0. The van der Waals surface area contributed by atoms with Crippen molar-refractivity contribution in [1.82, 2.24) is 0 Å². The van der Waals surface area contributed by atoms with Crippen LogP contribution in [0.5, 0.6) is 5.75 Å². The average molecular weight is 388 g/mol. The highest BCUT2D eigenvalue weighted by atomic mass is 32.2. The molecule has 0 radical (unpaired) electrons. The number of benzene rings is 2. The zero-order chi connectivity index (χ0) is 19.6. The second-order valence-electron chi connectivity index (χ2n) is 5.98. The normalized spacial score (nSPS) is 10.3. The molecule has 1 amide bonds. The molecule has 27 heavy (non-hydrogen) atoms. The standard InChI is InChI=1S/C21H25NO4S/c1-4-25-19-8-6-5-7-18(19)22-20(23)14-26-21(24)11-12-27-17-10-9-15(2)16(3)13-17/h5-10,13H,4,11-12,14H2,1-3H3,(H,22,23). The molecular formula is C21H25NO4S. The molecule has 1 N–H and O–H groups in total. The quantitative estimate of drug-likeness (QED) is 0.511. The Morgan fingerprint density at radius 2 is 1.85 bits per heavy atom. The minimum Gasteiger partial charge on any atom is -0.492 e. The topological polar surface area (TPSA) is 64.6 Å². The smallest absolute Gasteiger partial charge is 0.307 e. The van der Waals surface area contributed by atoms with Crippen LogP contribution in [-0.2, 0) is 14.3 Å². The van der Waals surface area contributed by atoms with Crippen molar-refractivity contribution in [3.63, 3.8) is 0 Å². The summed E-state index contributed by atoms with van der Waals surface area (Å²) in [4.78, 5) is 25.0. The van der Waals surface area contributed by atoms with Gasteiger partial charge in [-0.05, 0) is 56.2 Å². The number of esters is 1. The van der Waals surface area contributed by atoms with Gasteiger partial charge in [-0.3, -0.25) is 9.59 Å². The molecule has 0 atom stereocenters. The lowest BCUT2D eigenvalue weighted by molar-refractivity contribution is -0.146. The van der Waals surface area contributed by atoms with Gasteiger partial charge in [0.25, 0.3) is 5.91 Å². The summed E-state index contributed by atoms with van der Waals surface area (Å²) in [5.74, 6) is 0.414. The van der Waals surface area contributed by atoms with Gasteiger partial charge in [0.05, 0.1) is 18.7 Å². The van der Waals surface area contributed by atoms with E-state index in [1.807, 2.05) is 19.1 Å². The van der Waals surface area contributed by atoms with E-state index < -0.39 is 5.91 Å². The number of anilines is 1. The minimum atomic E-state index is -0.391. The van der Waals surface area contributed by atoms with Crippen molar-refractivity contribution in [3.8, 4) is 5.75 Å². The van der Waals surface area contributed by atoms with Crippen LogP contribution in [0, 0.1) is 13.8 Å². The molecule has 0 aliphatic heterocycles. The summed E-state index contributed by atoms with van der Waals surface area (Å²) < 4.78 is 10.5. The lowest BCUT2D eigenvalue weighted by atomic mass is 10.1. The molecule has 0 aliphatic carbocycles. The van der Waals surface area contributed by atoms with Crippen LogP contribution in [0.25, 0.3) is 0 Å². The second kappa shape index (κ2) is 10.6. The van der Waals surface area contributed by atoms with E-state index in [0.717, 1.165) is 4.90 Å². The van der Waals surface area contributed by atoms with Gasteiger partial charge < -0.3 is 14.8 Å². The number of amides is 1. The molecule has 0 saturated heterocycles. The molecule has 0 aromatic heterocycles. The Balaban J connectivity index is 1.72. The number of rotatable bonds is 9. The van der Waals surface area contributed by atoms with E-state index in [-0.39, 0.29) is 19.0 Å². The molecule has 0 bridgehead atoms. The minimum absolute atomic E-state index is 0.250. The third-order valence-corrected chi connectivity index (χ3v) is 4.87. The van der Waals surface area contributed by atoms with Gasteiger partial charge in [-0.25, -0.2) is 0 Å². The largest absolute Gasteiger partial charge is 0.492 e. The number of hydrogen-bond acceptors (Lipinski definition) is 5. The van der Waals surface area contributed by atoms with E-state index in [1.54, 1.807) is 30.0 Å². The third kappa shape index (κ3) is 6.98. The van der Waals surface area contributed by atoms with E-state index in [1.165, 1.54) is 11.1 Å². The zero-order valence-electron chi connectivity index (χ0n) is 15.9. The molecule has 5 nitrogen and oxygen atoms in total. The summed E-state index contributed by atoms with van der Waals surface area (Å²) in [5, 5.41) is 2.70. The molecule has 2 rings (SSSR count). The maximum Gasteiger partial charge on any atom is 0.307 e. The highest BCUT2D eigenvalue weighted by Gasteiger charge is 2.10. The molecule has 0 aliphatic rings. The molecule has 0 fully saturated rings. The Bertz CT molecular complexity index is 792. The van der Waals surface area contributed by atoms with Crippen molar-refractivity contribution < 1.29 is 19.1 Å². The highest BCUT2D eigenvalue weighted by Crippen LogP contribution is 2.24. The van der Waals surface area contributed by atoms with Crippen LogP contribution in [0.15, 0.2) is 47.4 Å². The van der Waals surface area contributed by atoms with Gasteiger partial charge in [-0.15, -0.1) is 11.8 Å². The van der Waals surface area contributed by atoms with Crippen molar-refractivity contribution >= 4 is 29.3 Å². The van der Waals surface area contributed by atoms with Crippen LogP contribution in [0.2, 0.25) is 0 Å². The number of para-hydroxylation sites is 2. The number of hydrogen-bond donors (Lipinski definition) is 1. The van der Waals surface area contributed by atoms with Crippen LogP contribution in [0.4, 0.5) is 5.69 Å². The van der Waals surface area contributed by atoms with Crippen LogP contribution < -0.4 is 10.1 Å². The van der Waals surface area contributed by atoms with Gasteiger partial charge in [-0.1, -0.05) is 18.2 Å². The predicted octanol–water partition coefficient (Wildman–Crippen LogP) is 4.37. The van der Waals surface area contributed by atoms with E-state index >= 15 is 0 Å². The Morgan fingerprint density at radius 3 is 2.59 bits per heavy atom. The van der Waals surface area contributed by atoms with E-state index in [9.17, 15) is 9.59 Å². The Morgan fingerprint density at radius 1 is 1.07 bits per heavy atom. The maximum atomic E-state index is 12.0. The number of thioether (sulfide) groups is 1. The number of nitrogens with one attached hydrogen (secondary N) is 1. The molecule has 6 heteroatoms. The molecule has 2 aromatic carbocycles. The lowest BCUT2D eigenvalue weighted by Gasteiger charge is -2.11. The summed E-state index contributed by atoms with van der Waals surface area (Å²) in [6.45, 7) is 6.19. The Kier molecular flexibility index (Phi) is 8.20. The van der Waals surface area contributed by atoms with Crippen molar-refractivity contribution in [2.75, 3.05) is 24.3 Å². The molecule has 0 spiro atoms. The van der Waals surface area contributed by atoms with Crippen molar-refractivity contribution in [3.05, 3.63) is 53.6 Å². The fourth-order valence-electron chi connectivity index (χ4n) is 2.31. The lowest BCUT2D eigenvalue weighted by Crippen LogP contribution is -2.21. The van der Waals surface area contributed by atoms with Crippen molar-refractivity contribution in [1.29, 1.82) is 0 Å². The summed E-state index contributed by atoms with van der Waals surface area (Å²) in [6.07, 6.45) is 0.250. The van der Waals surface area contributed by atoms with Crippen LogP contribution >= 0.6 is 11.8 Å². The summed E-state index contributed by atoms with van der Waals surface area (Å²) in [6, 6.07) is 13.4. The van der Waals surface area contributed by atoms with Gasteiger partial charge >= 0.3 is 5.97 Å². The van der Waals surface area contributed by atoms with Gasteiger partial charge in [0, 0.05) is 10.6 Å². The Hall–Kier alpha value is -2.47. The monoisotopic (exact) mass is 387 g/mol. The first kappa shape index (κ1) is 20.8. The maximum absolute atomic E-state index is 12.0. The number of ether oxygens (including phenoxy) is 2. The third-order valence-electron chi connectivity index (χ3n) is 3.88. The van der Waals surface area contributed by atoms with Gasteiger partial charge in [0.15, 0.2) is 6.61 Å². The van der Waals surface area contributed by atoms with Gasteiger partial charge in [0.1, 0.15) is 5.75 Å². The summed E-state index contributed by atoms with van der Waals surface area (Å²) in [7, 11) is 0. The fraction of sp³-hybridized carbons (Fsp3) is 0.333. The molecule has 0 heterocycles. The van der Waals surface area contributed by atoms with Gasteiger partial charge in [-0.2, -0.15) is 0 Å². The Labute approximate surface area is 164 Å². The van der Waals surface area contributed by atoms with E-state index in [2.05, 4.69) is 31.3 Å². The van der Waals surface area contributed by atoms with Gasteiger partial charge in [0.2, 0.25) is 0 Å². The van der Waals surface area contributed by atoms with E-state index in [4.69, 9.17) is 9.47 Å². The van der Waals surface area contributed by atoms with Crippen molar-refractivity contribution in [2.45, 2.75) is 32.1 Å². The summed E-state index contributed by atoms with van der Waals surface area (Å²) >= 11 is 1.60. The summed E-state index contributed by atoms with van der Waals surface area (Å²) in [5.41, 5.74) is 3.04. The molecule has 2 aromatic rings. The first-order valence-corrected chi connectivity index (χ1v) is 9.85. The second-order valence-corrected chi connectivity index (χ2v) is 7.15. The number of carbonyl (C=O) groups is 2. The SMILES string of the molecule is CCOc1ccccc1NC(=O)COC(=O)CCSc1ccc(C)c(C)c1. The van der Waals surface area contributed by atoms with Crippen LogP contribution in [0.3, 0.4) is 0 Å². The predicted molar refractivity (Wildman–Crippen MR) is 108 cm³/mol. The molecule has 144 valence electrons. The molecule has 0 unspecified atom stereocenters. The van der Waals surface area contributed by atoms with E-state index in [0.29, 0.717) is 23.8 Å². The zero-order valence-corrected chi connectivity index (χ0v) is 16.7. The number of aryl methyl sites for hydroxylation is 2. The highest BCUT2D eigenvalue weighted by molar-refractivity contribution is 7.99. The number of carbonyl (C=O) groups excluding carboxylic acids is 2. The first-order valence-electron chi connectivity index (χ1n) is 8.87. The molecular weight excluding hydrogens is 362 g/mol.